The Morgan fingerprint density at radius 1 is 1.20 bits per heavy atom. The number of nitrogens with zero attached hydrogens (tertiary/aromatic N) is 1. The van der Waals surface area contributed by atoms with Crippen LogP contribution in [0.2, 0.25) is 0 Å². The van der Waals surface area contributed by atoms with Gasteiger partial charge in [-0.2, -0.15) is 0 Å². The fourth-order valence-electron chi connectivity index (χ4n) is 3.17. The molecule has 0 unspecified atom stereocenters. The van der Waals surface area contributed by atoms with Crippen LogP contribution < -0.4 is 10.1 Å². The molecule has 3 heteroatoms. The van der Waals surface area contributed by atoms with E-state index in [0.29, 0.717) is 5.41 Å². The normalized spacial score (nSPS) is 21.7. The average molecular weight is 274 g/mol. The number of rotatable bonds is 4. The summed E-state index contributed by atoms with van der Waals surface area (Å²) >= 11 is 0. The van der Waals surface area contributed by atoms with Crippen molar-refractivity contribution in [1.82, 2.24) is 10.2 Å². The number of hydrogen-bond donors (Lipinski definition) is 1. The van der Waals surface area contributed by atoms with Gasteiger partial charge in [-0.3, -0.25) is 0 Å². The molecular weight excluding hydrogens is 248 g/mol. The van der Waals surface area contributed by atoms with Gasteiger partial charge >= 0.3 is 0 Å². The molecule has 2 heterocycles. The van der Waals surface area contributed by atoms with Crippen molar-refractivity contribution in [2.45, 2.75) is 39.8 Å². The summed E-state index contributed by atoms with van der Waals surface area (Å²) in [6.07, 6.45) is 2.49. The Kier molecular flexibility index (Phi) is 3.99. The molecular formula is C17H26N2O. The van der Waals surface area contributed by atoms with Crippen LogP contribution >= 0.6 is 0 Å². The van der Waals surface area contributed by atoms with Gasteiger partial charge in [0.1, 0.15) is 5.75 Å². The second-order valence-electron chi connectivity index (χ2n) is 6.57. The van der Waals surface area contributed by atoms with Crippen LogP contribution in [0, 0.1) is 5.41 Å². The second-order valence-corrected chi connectivity index (χ2v) is 6.57. The number of fused-ring (bicyclic) bond motifs is 1. The molecule has 0 atom stereocenters. The molecule has 110 valence electrons. The van der Waals surface area contributed by atoms with Gasteiger partial charge in [-0.05, 0) is 55.7 Å². The Morgan fingerprint density at radius 2 is 1.95 bits per heavy atom. The molecule has 0 radical (unpaired) electrons. The fourth-order valence-corrected chi connectivity index (χ4v) is 3.17. The molecule has 0 aliphatic carbocycles. The zero-order chi connectivity index (χ0) is 14.0. The quantitative estimate of drug-likeness (QED) is 0.913. The highest BCUT2D eigenvalue weighted by molar-refractivity contribution is 5.37. The maximum atomic E-state index is 6.10. The molecule has 1 aromatic carbocycles. The highest BCUT2D eigenvalue weighted by atomic mass is 16.5. The van der Waals surface area contributed by atoms with E-state index in [1.807, 2.05) is 0 Å². The van der Waals surface area contributed by atoms with Crippen molar-refractivity contribution in [3.63, 3.8) is 0 Å². The molecule has 3 nitrogen and oxygen atoms in total. The first-order chi connectivity index (χ1) is 9.68. The van der Waals surface area contributed by atoms with Crippen molar-refractivity contribution in [2.75, 3.05) is 26.2 Å². The third-order valence-corrected chi connectivity index (χ3v) is 4.91. The highest BCUT2D eigenvalue weighted by Crippen LogP contribution is 2.32. The van der Waals surface area contributed by atoms with Gasteiger partial charge in [0, 0.05) is 18.5 Å². The third kappa shape index (κ3) is 2.99. The average Bonchev–Trinajstić information content (AvgIpc) is 2.94. The molecule has 0 saturated carbocycles. The summed E-state index contributed by atoms with van der Waals surface area (Å²) in [7, 11) is 0. The lowest BCUT2D eigenvalue weighted by atomic mass is 9.81. The van der Waals surface area contributed by atoms with Crippen molar-refractivity contribution in [2.24, 2.45) is 5.41 Å². The van der Waals surface area contributed by atoms with Crippen LogP contribution in [0.4, 0.5) is 0 Å². The minimum Gasteiger partial charge on any atom is -0.493 e. The largest absolute Gasteiger partial charge is 0.493 e. The van der Waals surface area contributed by atoms with Crippen LogP contribution in [0.5, 0.6) is 5.75 Å². The first-order valence-electron chi connectivity index (χ1n) is 7.86. The van der Waals surface area contributed by atoms with Gasteiger partial charge in [-0.1, -0.05) is 19.9 Å². The van der Waals surface area contributed by atoms with Gasteiger partial charge in [0.05, 0.1) is 6.61 Å². The second kappa shape index (κ2) is 5.74. The molecule has 0 amide bonds. The van der Waals surface area contributed by atoms with Gasteiger partial charge < -0.3 is 15.0 Å². The third-order valence-electron chi connectivity index (χ3n) is 4.91. The van der Waals surface area contributed by atoms with Crippen LogP contribution in [0.25, 0.3) is 0 Å². The predicted molar refractivity (Wildman–Crippen MR) is 81.9 cm³/mol. The van der Waals surface area contributed by atoms with Crippen LogP contribution in [0.1, 0.15) is 37.8 Å². The monoisotopic (exact) mass is 274 g/mol. The number of hydrogen-bond acceptors (Lipinski definition) is 3. The van der Waals surface area contributed by atoms with E-state index in [1.165, 1.54) is 43.6 Å². The Morgan fingerprint density at radius 3 is 2.70 bits per heavy atom. The SMILES string of the molecule is CCN1CCC(C)(COc2ccc3c(c2)CNC3)CC1. The molecule has 1 saturated heterocycles. The van der Waals surface area contributed by atoms with Gasteiger partial charge in [-0.15, -0.1) is 0 Å². The van der Waals surface area contributed by atoms with E-state index in [-0.39, 0.29) is 0 Å². The predicted octanol–water partition coefficient (Wildman–Crippen LogP) is 2.79. The number of likely N-dealkylation sites (tertiary alicyclic amines) is 1. The van der Waals surface area contributed by atoms with E-state index in [0.717, 1.165) is 25.4 Å². The molecule has 3 rings (SSSR count). The van der Waals surface area contributed by atoms with Crippen molar-refractivity contribution in [3.05, 3.63) is 29.3 Å². The summed E-state index contributed by atoms with van der Waals surface area (Å²) < 4.78 is 6.10. The summed E-state index contributed by atoms with van der Waals surface area (Å²) in [4.78, 5) is 2.53. The number of ether oxygens (including phenoxy) is 1. The Balaban J connectivity index is 1.56. The smallest absolute Gasteiger partial charge is 0.119 e. The summed E-state index contributed by atoms with van der Waals surface area (Å²) in [5.74, 6) is 1.03. The van der Waals surface area contributed by atoms with Gasteiger partial charge in [0.15, 0.2) is 0 Å². The lowest BCUT2D eigenvalue weighted by Gasteiger charge is -2.38. The molecule has 2 aliphatic rings. The molecule has 20 heavy (non-hydrogen) atoms. The van der Waals surface area contributed by atoms with Crippen LogP contribution in [0.3, 0.4) is 0 Å². The Hall–Kier alpha value is -1.06. The minimum absolute atomic E-state index is 0.336. The summed E-state index contributed by atoms with van der Waals surface area (Å²) in [6, 6.07) is 6.53. The zero-order valence-corrected chi connectivity index (χ0v) is 12.7. The molecule has 1 N–H and O–H groups in total. The van der Waals surface area contributed by atoms with Gasteiger partial charge in [0.25, 0.3) is 0 Å². The first kappa shape index (κ1) is 13.9. The Bertz CT molecular complexity index is 464. The Labute approximate surface area is 122 Å². The number of piperidine rings is 1. The standard InChI is InChI=1S/C17H26N2O/c1-3-19-8-6-17(2,7-9-19)13-20-16-5-4-14-11-18-12-15(14)10-16/h4-5,10,18H,3,6-9,11-13H2,1-2H3. The van der Waals surface area contributed by atoms with Crippen LogP contribution in [-0.2, 0) is 13.1 Å². The van der Waals surface area contributed by atoms with Crippen LogP contribution in [0.15, 0.2) is 18.2 Å². The van der Waals surface area contributed by atoms with E-state index >= 15 is 0 Å². The van der Waals surface area contributed by atoms with Crippen molar-refractivity contribution in [3.8, 4) is 5.75 Å². The number of nitrogens with one attached hydrogen (secondary N) is 1. The summed E-state index contributed by atoms with van der Waals surface area (Å²) in [5.41, 5.74) is 3.15. The van der Waals surface area contributed by atoms with Crippen molar-refractivity contribution in [1.29, 1.82) is 0 Å². The van der Waals surface area contributed by atoms with Crippen LogP contribution in [-0.4, -0.2) is 31.1 Å². The molecule has 1 fully saturated rings. The van der Waals surface area contributed by atoms with Gasteiger partial charge in [0.2, 0.25) is 0 Å². The maximum absolute atomic E-state index is 6.10. The lowest BCUT2D eigenvalue weighted by Crippen LogP contribution is -2.41. The topological polar surface area (TPSA) is 24.5 Å². The minimum atomic E-state index is 0.336. The lowest BCUT2D eigenvalue weighted by molar-refractivity contribution is 0.0714. The molecule has 2 aliphatic heterocycles. The highest BCUT2D eigenvalue weighted by Gasteiger charge is 2.30. The zero-order valence-electron chi connectivity index (χ0n) is 12.7. The van der Waals surface area contributed by atoms with Gasteiger partial charge in [-0.25, -0.2) is 0 Å². The van der Waals surface area contributed by atoms with E-state index in [4.69, 9.17) is 4.74 Å². The molecule has 1 aromatic rings. The number of benzene rings is 1. The first-order valence-corrected chi connectivity index (χ1v) is 7.86. The van der Waals surface area contributed by atoms with Crippen molar-refractivity contribution < 1.29 is 4.74 Å². The molecule has 0 spiro atoms. The summed E-state index contributed by atoms with van der Waals surface area (Å²) in [5, 5.41) is 3.38. The van der Waals surface area contributed by atoms with Crippen molar-refractivity contribution >= 4 is 0 Å². The molecule has 0 aromatic heterocycles. The fraction of sp³-hybridized carbons (Fsp3) is 0.647. The van der Waals surface area contributed by atoms with E-state index in [2.05, 4.69) is 42.3 Å². The van der Waals surface area contributed by atoms with E-state index < -0.39 is 0 Å². The van der Waals surface area contributed by atoms with E-state index in [1.54, 1.807) is 0 Å². The maximum Gasteiger partial charge on any atom is 0.119 e. The van der Waals surface area contributed by atoms with E-state index in [9.17, 15) is 0 Å². The summed E-state index contributed by atoms with van der Waals surface area (Å²) in [6.45, 7) is 11.0. The molecule has 0 bridgehead atoms.